The van der Waals surface area contributed by atoms with Gasteiger partial charge in [0.15, 0.2) is 11.5 Å². The van der Waals surface area contributed by atoms with Crippen molar-refractivity contribution in [2.75, 3.05) is 40.9 Å². The Hall–Kier alpha value is -3.89. The third-order valence-electron chi connectivity index (χ3n) is 8.70. The normalized spacial score (nSPS) is 18.0. The van der Waals surface area contributed by atoms with Crippen molar-refractivity contribution in [1.29, 1.82) is 0 Å². The number of ether oxygens (including phenoxy) is 4. The van der Waals surface area contributed by atoms with Gasteiger partial charge in [-0.15, -0.1) is 0 Å². The smallest absolute Gasteiger partial charge is 0.338 e. The van der Waals surface area contributed by atoms with E-state index >= 15 is 0 Å². The van der Waals surface area contributed by atoms with E-state index in [4.69, 9.17) is 42.1 Å². The van der Waals surface area contributed by atoms with Crippen LogP contribution in [0.25, 0.3) is 0 Å². The van der Waals surface area contributed by atoms with E-state index in [0.717, 1.165) is 31.5 Å². The zero-order valence-corrected chi connectivity index (χ0v) is 28.9. The molecule has 0 spiro atoms. The second-order valence-corrected chi connectivity index (χ2v) is 12.8. The average molecular weight is 695 g/mol. The van der Waals surface area contributed by atoms with Crippen LogP contribution >= 0.6 is 23.2 Å². The van der Waals surface area contributed by atoms with E-state index in [2.05, 4.69) is 22.2 Å². The Labute approximate surface area is 291 Å². The summed E-state index contributed by atoms with van der Waals surface area (Å²) in [4.78, 5) is 33.2. The summed E-state index contributed by atoms with van der Waals surface area (Å²) in [5.74, 6) is 0.348. The van der Waals surface area contributed by atoms with Gasteiger partial charge in [-0.05, 0) is 61.1 Å². The maximum atomic E-state index is 13.5. The van der Waals surface area contributed by atoms with Crippen LogP contribution in [0.5, 0.6) is 11.5 Å². The summed E-state index contributed by atoms with van der Waals surface area (Å²) in [5, 5.41) is 4.18. The molecule has 1 fully saturated rings. The number of aromatic nitrogens is 1. The molecule has 3 atom stereocenters. The number of methoxy groups -OCH3 is 2. The van der Waals surface area contributed by atoms with Crippen molar-refractivity contribution in [2.24, 2.45) is 5.92 Å². The lowest BCUT2D eigenvalue weighted by molar-refractivity contribution is -0.154. The van der Waals surface area contributed by atoms with Gasteiger partial charge in [-0.2, -0.15) is 0 Å². The van der Waals surface area contributed by atoms with Crippen LogP contribution in [0.4, 0.5) is 0 Å². The van der Waals surface area contributed by atoms with Gasteiger partial charge in [-0.3, -0.25) is 4.98 Å². The fourth-order valence-electron chi connectivity index (χ4n) is 5.85. The molecular weight excluding hydrogens is 653 g/mol. The Balaban J connectivity index is 1.25. The molecule has 0 radical (unpaired) electrons. The number of benzene rings is 2. The number of likely N-dealkylation sites (tertiary alicyclic amines) is 1. The lowest BCUT2D eigenvalue weighted by Crippen LogP contribution is -2.39. The molecule has 48 heavy (non-hydrogen) atoms. The van der Waals surface area contributed by atoms with Gasteiger partial charge in [0.25, 0.3) is 0 Å². The van der Waals surface area contributed by atoms with Crippen molar-refractivity contribution in [3.8, 4) is 11.5 Å². The molecule has 0 amide bonds. The highest BCUT2D eigenvalue weighted by Gasteiger charge is 2.28. The predicted molar refractivity (Wildman–Crippen MR) is 185 cm³/mol. The number of nitrogens with one attached hydrogen (secondary N) is 1. The van der Waals surface area contributed by atoms with Crippen molar-refractivity contribution in [1.82, 2.24) is 15.2 Å². The largest absolute Gasteiger partial charge is 0.493 e. The average Bonchev–Trinajstić information content (AvgIpc) is 3.10. The summed E-state index contributed by atoms with van der Waals surface area (Å²) in [6, 6.07) is 14.4. The van der Waals surface area contributed by atoms with E-state index < -0.39 is 18.1 Å². The van der Waals surface area contributed by atoms with Crippen LogP contribution in [0.2, 0.25) is 10.0 Å². The Bertz CT molecular complexity index is 1600. The first kappa shape index (κ1) is 35.4. The number of nitrogens with zero attached hydrogens (tertiary/aromatic N) is 2. The van der Waals surface area contributed by atoms with Crippen LogP contribution in [0.1, 0.15) is 48.1 Å². The number of hydrogen-bond donors (Lipinski definition) is 1. The minimum atomic E-state index is -0.731. The molecule has 5 rings (SSSR count). The quantitative estimate of drug-likeness (QED) is 0.196. The number of halogens is 2. The molecule has 3 aromatic rings. The third-order valence-corrected chi connectivity index (χ3v) is 9.35. The van der Waals surface area contributed by atoms with Gasteiger partial charge in [0.2, 0.25) is 0 Å². The number of piperidine rings is 1. The van der Waals surface area contributed by atoms with Crippen LogP contribution in [0.3, 0.4) is 0 Å². The molecule has 1 N–H and O–H groups in total. The molecule has 1 saturated heterocycles. The number of carbonyl (C=O) groups is 2. The molecule has 0 saturated carbocycles. The molecule has 11 heteroatoms. The molecule has 0 bridgehead atoms. The zero-order chi connectivity index (χ0) is 34.0. The van der Waals surface area contributed by atoms with Gasteiger partial charge in [0.1, 0.15) is 18.2 Å². The summed E-state index contributed by atoms with van der Waals surface area (Å²) in [7, 11) is 5.18. The highest BCUT2D eigenvalue weighted by molar-refractivity contribution is 6.35. The Morgan fingerprint density at radius 1 is 0.979 bits per heavy atom. The summed E-state index contributed by atoms with van der Waals surface area (Å²) in [6.45, 7) is 2.34. The second kappa shape index (κ2) is 17.0. The van der Waals surface area contributed by atoms with E-state index in [0.29, 0.717) is 51.2 Å². The van der Waals surface area contributed by atoms with Gasteiger partial charge >= 0.3 is 11.9 Å². The molecule has 1 aliphatic carbocycles. The number of pyridine rings is 1. The monoisotopic (exact) mass is 693 g/mol. The summed E-state index contributed by atoms with van der Waals surface area (Å²) in [6.07, 6.45) is 10.3. The number of carbonyl (C=O) groups excluding carboxylic acids is 2. The molecule has 2 aliphatic rings. The van der Waals surface area contributed by atoms with Crippen molar-refractivity contribution < 1.29 is 28.5 Å². The van der Waals surface area contributed by atoms with Crippen LogP contribution < -0.4 is 14.8 Å². The molecule has 9 nitrogen and oxygen atoms in total. The van der Waals surface area contributed by atoms with Gasteiger partial charge in [-0.1, -0.05) is 77.8 Å². The molecule has 2 aromatic carbocycles. The number of hydrogen-bond acceptors (Lipinski definition) is 9. The molecule has 3 unspecified atom stereocenters. The number of esters is 2. The highest BCUT2D eigenvalue weighted by Crippen LogP contribution is 2.36. The maximum Gasteiger partial charge on any atom is 0.338 e. The van der Waals surface area contributed by atoms with Crippen molar-refractivity contribution in [3.05, 3.63) is 111 Å². The molecule has 254 valence electrons. The van der Waals surface area contributed by atoms with E-state index in [1.54, 1.807) is 32.4 Å². The first-order valence-corrected chi connectivity index (χ1v) is 16.8. The topological polar surface area (TPSA) is 99.2 Å². The van der Waals surface area contributed by atoms with Crippen LogP contribution in [0.15, 0.2) is 84.7 Å². The SMILES string of the molecule is COc1ccc(C(Cc2c(Cl)cncc2Cl)OC(=O)C2=CCC(CNC(C(=O)OC3CCN(C)CC3)c3ccccc3)C=C2)cc1OC. The van der Waals surface area contributed by atoms with Crippen molar-refractivity contribution in [2.45, 2.75) is 43.9 Å². The zero-order valence-electron chi connectivity index (χ0n) is 27.4. The Morgan fingerprint density at radius 2 is 1.69 bits per heavy atom. The summed E-state index contributed by atoms with van der Waals surface area (Å²) < 4.78 is 22.9. The van der Waals surface area contributed by atoms with E-state index in [-0.39, 0.29) is 24.4 Å². The van der Waals surface area contributed by atoms with Crippen molar-refractivity contribution in [3.63, 3.8) is 0 Å². The van der Waals surface area contributed by atoms with Gasteiger partial charge < -0.3 is 29.2 Å². The number of allylic oxidation sites excluding steroid dienone is 1. The van der Waals surface area contributed by atoms with Crippen LogP contribution in [-0.2, 0) is 25.5 Å². The molecule has 2 heterocycles. The molecule has 1 aliphatic heterocycles. The molecule has 1 aromatic heterocycles. The first-order valence-electron chi connectivity index (χ1n) is 16.0. The van der Waals surface area contributed by atoms with Gasteiger partial charge in [0, 0.05) is 38.4 Å². The van der Waals surface area contributed by atoms with Crippen LogP contribution in [0, 0.1) is 5.92 Å². The van der Waals surface area contributed by atoms with Gasteiger partial charge in [-0.25, -0.2) is 9.59 Å². The minimum Gasteiger partial charge on any atom is -0.493 e. The lowest BCUT2D eigenvalue weighted by atomic mass is 9.95. The van der Waals surface area contributed by atoms with E-state index in [9.17, 15) is 9.59 Å². The standard InChI is InChI=1S/C37H41Cl2N3O6/c1-42-17-15-28(16-18-42)47-37(44)35(25-7-5-4-6-8-25)41-21-24-9-11-26(12-10-24)36(43)48-33(20-29-30(38)22-40-23-31(29)39)27-13-14-32(45-2)34(19-27)46-3/h4-9,11-14,19,22-24,28,33,35,41H,10,15-18,20-21H2,1-3H3. The van der Waals surface area contributed by atoms with Gasteiger partial charge in [0.05, 0.1) is 29.8 Å². The Kier molecular flexibility index (Phi) is 12.5. The molecular formula is C37H41Cl2N3O6. The minimum absolute atomic E-state index is 0.0555. The second-order valence-electron chi connectivity index (χ2n) is 12.0. The third kappa shape index (κ3) is 9.17. The Morgan fingerprint density at radius 3 is 2.33 bits per heavy atom. The van der Waals surface area contributed by atoms with Crippen LogP contribution in [-0.4, -0.2) is 68.8 Å². The fraction of sp³-hybridized carbons (Fsp3) is 0.378. The maximum absolute atomic E-state index is 13.5. The summed E-state index contributed by atoms with van der Waals surface area (Å²) in [5.41, 5.74) is 2.59. The van der Waals surface area contributed by atoms with Crippen molar-refractivity contribution >= 4 is 35.1 Å². The summed E-state index contributed by atoms with van der Waals surface area (Å²) >= 11 is 12.9. The first-order chi connectivity index (χ1) is 23.2. The fourth-order valence-corrected chi connectivity index (χ4v) is 6.37. The highest BCUT2D eigenvalue weighted by atomic mass is 35.5. The predicted octanol–water partition coefficient (Wildman–Crippen LogP) is 6.70. The lowest BCUT2D eigenvalue weighted by Gasteiger charge is -2.30. The van der Waals surface area contributed by atoms with E-state index in [1.807, 2.05) is 48.6 Å². The number of rotatable bonds is 13. The van der Waals surface area contributed by atoms with E-state index in [1.165, 1.54) is 12.4 Å².